The Kier molecular flexibility index (Phi) is 5.38. The van der Waals surface area contributed by atoms with Gasteiger partial charge in [0, 0.05) is 37.4 Å². The third-order valence-electron chi connectivity index (χ3n) is 5.36. The molecule has 1 amide bonds. The number of carbonyl (C=O) groups is 1. The van der Waals surface area contributed by atoms with Crippen LogP contribution in [0.25, 0.3) is 10.9 Å². The number of halogens is 1. The summed E-state index contributed by atoms with van der Waals surface area (Å²) in [5.41, 5.74) is 2.05. The lowest BCUT2D eigenvalue weighted by atomic mass is 10.2. The normalized spacial score (nSPS) is 15.7. The molecular weight excluding hydrogens is 410 g/mol. The van der Waals surface area contributed by atoms with Crippen LogP contribution in [0.2, 0.25) is 5.02 Å². The maximum atomic E-state index is 12.9. The first-order valence-corrected chi connectivity index (χ1v) is 11.3. The summed E-state index contributed by atoms with van der Waals surface area (Å²) < 4.78 is 29.1. The maximum absolute atomic E-state index is 12.9. The van der Waals surface area contributed by atoms with Crippen LogP contribution in [-0.4, -0.2) is 54.3 Å². The van der Waals surface area contributed by atoms with Crippen LogP contribution in [0.5, 0.6) is 0 Å². The van der Waals surface area contributed by atoms with Gasteiger partial charge in [0.05, 0.1) is 5.02 Å². The predicted molar refractivity (Wildman–Crippen MR) is 113 cm³/mol. The molecular formula is C21H22ClN3O3S. The quantitative estimate of drug-likeness (QED) is 0.637. The van der Waals surface area contributed by atoms with Crippen molar-refractivity contribution in [2.45, 2.75) is 18.4 Å². The van der Waals surface area contributed by atoms with Crippen LogP contribution < -0.4 is 0 Å². The highest BCUT2D eigenvalue weighted by molar-refractivity contribution is 7.89. The number of sulfonamides is 1. The van der Waals surface area contributed by atoms with E-state index >= 15 is 0 Å². The molecule has 0 spiro atoms. The van der Waals surface area contributed by atoms with Crippen LogP contribution in [0.15, 0.2) is 59.5 Å². The van der Waals surface area contributed by atoms with Crippen molar-refractivity contribution < 1.29 is 13.2 Å². The van der Waals surface area contributed by atoms with Crippen molar-refractivity contribution in [3.05, 3.63) is 65.3 Å². The van der Waals surface area contributed by atoms with E-state index in [1.54, 1.807) is 23.1 Å². The first kappa shape index (κ1) is 19.9. The van der Waals surface area contributed by atoms with Crippen LogP contribution in [0, 0.1) is 6.92 Å². The van der Waals surface area contributed by atoms with Crippen LogP contribution in [0.1, 0.15) is 5.69 Å². The average Bonchev–Trinajstić information content (AvgIpc) is 3.03. The Morgan fingerprint density at radius 3 is 2.38 bits per heavy atom. The minimum Gasteiger partial charge on any atom is -0.339 e. The second kappa shape index (κ2) is 7.82. The van der Waals surface area contributed by atoms with Gasteiger partial charge >= 0.3 is 0 Å². The van der Waals surface area contributed by atoms with Crippen molar-refractivity contribution >= 4 is 38.4 Å². The molecule has 152 valence electrons. The van der Waals surface area contributed by atoms with E-state index in [4.69, 9.17) is 11.6 Å². The van der Waals surface area contributed by atoms with E-state index in [0.717, 1.165) is 16.6 Å². The van der Waals surface area contributed by atoms with E-state index in [2.05, 4.69) is 6.07 Å². The SMILES string of the molecule is Cc1cc2ccccc2n1CC(=O)N1CCN(S(=O)(=O)c2ccccc2Cl)CC1. The Morgan fingerprint density at radius 1 is 1.00 bits per heavy atom. The molecule has 1 saturated heterocycles. The van der Waals surface area contributed by atoms with Gasteiger partial charge in [0.15, 0.2) is 0 Å². The summed E-state index contributed by atoms with van der Waals surface area (Å²) in [5, 5.41) is 1.31. The molecule has 0 radical (unpaired) electrons. The fourth-order valence-electron chi connectivity index (χ4n) is 3.76. The summed E-state index contributed by atoms with van der Waals surface area (Å²) in [4.78, 5) is 14.7. The first-order valence-electron chi connectivity index (χ1n) is 9.45. The van der Waals surface area contributed by atoms with Gasteiger partial charge in [-0.2, -0.15) is 4.31 Å². The largest absolute Gasteiger partial charge is 0.339 e. The Balaban J connectivity index is 1.45. The van der Waals surface area contributed by atoms with Crippen LogP contribution in [0.4, 0.5) is 0 Å². The lowest BCUT2D eigenvalue weighted by Gasteiger charge is -2.34. The summed E-state index contributed by atoms with van der Waals surface area (Å²) in [6.45, 7) is 3.47. The highest BCUT2D eigenvalue weighted by Crippen LogP contribution is 2.25. The van der Waals surface area contributed by atoms with E-state index in [0.29, 0.717) is 13.1 Å². The minimum atomic E-state index is -3.67. The molecule has 0 aliphatic carbocycles. The number of para-hydroxylation sites is 1. The molecule has 8 heteroatoms. The number of piperazine rings is 1. The van der Waals surface area contributed by atoms with E-state index in [1.807, 2.05) is 35.8 Å². The van der Waals surface area contributed by atoms with Gasteiger partial charge in [0.1, 0.15) is 11.4 Å². The number of rotatable bonds is 4. The molecule has 0 unspecified atom stereocenters. The van der Waals surface area contributed by atoms with Crippen molar-refractivity contribution in [2.24, 2.45) is 0 Å². The smallest absolute Gasteiger partial charge is 0.244 e. The lowest BCUT2D eigenvalue weighted by Crippen LogP contribution is -2.51. The standard InChI is InChI=1S/C21H22ClN3O3S/c1-16-14-17-6-2-4-8-19(17)25(16)15-21(26)23-10-12-24(13-11-23)29(27,28)20-9-5-3-7-18(20)22/h2-9,14H,10-13,15H2,1H3. The number of aryl methyl sites for hydroxylation is 1. The molecule has 2 heterocycles. The van der Waals surface area contributed by atoms with Crippen molar-refractivity contribution in [3.8, 4) is 0 Å². The molecule has 4 rings (SSSR count). The molecule has 0 atom stereocenters. The van der Waals surface area contributed by atoms with Gasteiger partial charge in [-0.25, -0.2) is 8.42 Å². The van der Waals surface area contributed by atoms with Gasteiger partial charge < -0.3 is 9.47 Å². The van der Waals surface area contributed by atoms with Crippen molar-refractivity contribution in [1.82, 2.24) is 13.8 Å². The Labute approximate surface area is 175 Å². The summed E-state index contributed by atoms with van der Waals surface area (Å²) in [7, 11) is -3.67. The molecule has 29 heavy (non-hydrogen) atoms. The van der Waals surface area contributed by atoms with Gasteiger partial charge in [0.25, 0.3) is 0 Å². The molecule has 1 fully saturated rings. The monoisotopic (exact) mass is 431 g/mol. The van der Waals surface area contributed by atoms with Gasteiger partial charge in [-0.05, 0) is 36.6 Å². The molecule has 0 saturated carbocycles. The lowest BCUT2D eigenvalue weighted by molar-refractivity contribution is -0.132. The molecule has 0 bridgehead atoms. The summed E-state index contributed by atoms with van der Waals surface area (Å²) in [6.07, 6.45) is 0. The second-order valence-electron chi connectivity index (χ2n) is 7.15. The number of hydrogen-bond donors (Lipinski definition) is 0. The van der Waals surface area contributed by atoms with Crippen LogP contribution >= 0.6 is 11.6 Å². The zero-order chi connectivity index (χ0) is 20.6. The fourth-order valence-corrected chi connectivity index (χ4v) is 5.68. The molecule has 2 aromatic carbocycles. The number of nitrogens with zero attached hydrogens (tertiary/aromatic N) is 3. The number of carbonyl (C=O) groups excluding carboxylic acids is 1. The molecule has 3 aromatic rings. The van der Waals surface area contributed by atoms with Crippen molar-refractivity contribution in [3.63, 3.8) is 0 Å². The summed E-state index contributed by atoms with van der Waals surface area (Å²) in [6, 6.07) is 16.5. The summed E-state index contributed by atoms with van der Waals surface area (Å²) >= 11 is 6.08. The van der Waals surface area contributed by atoms with E-state index in [1.165, 1.54) is 10.4 Å². The topological polar surface area (TPSA) is 62.6 Å². The highest BCUT2D eigenvalue weighted by Gasteiger charge is 2.31. The Hall–Kier alpha value is -2.35. The average molecular weight is 432 g/mol. The van der Waals surface area contributed by atoms with E-state index in [9.17, 15) is 13.2 Å². The Morgan fingerprint density at radius 2 is 1.66 bits per heavy atom. The van der Waals surface area contributed by atoms with Crippen LogP contribution in [0.3, 0.4) is 0 Å². The van der Waals surface area contributed by atoms with Gasteiger partial charge in [0.2, 0.25) is 15.9 Å². The predicted octanol–water partition coefficient (Wildman–Crippen LogP) is 3.14. The Bertz CT molecular complexity index is 1160. The number of fused-ring (bicyclic) bond motifs is 1. The fraction of sp³-hybridized carbons (Fsp3) is 0.286. The van der Waals surface area contributed by atoms with Crippen molar-refractivity contribution in [2.75, 3.05) is 26.2 Å². The van der Waals surface area contributed by atoms with E-state index < -0.39 is 10.0 Å². The van der Waals surface area contributed by atoms with Gasteiger partial charge in [-0.3, -0.25) is 4.79 Å². The second-order valence-corrected chi connectivity index (χ2v) is 9.46. The third kappa shape index (κ3) is 3.77. The molecule has 1 aliphatic rings. The van der Waals surface area contributed by atoms with E-state index in [-0.39, 0.29) is 35.5 Å². The molecule has 1 aromatic heterocycles. The zero-order valence-corrected chi connectivity index (χ0v) is 17.7. The molecule has 6 nitrogen and oxygen atoms in total. The third-order valence-corrected chi connectivity index (χ3v) is 7.76. The highest BCUT2D eigenvalue weighted by atomic mass is 35.5. The number of hydrogen-bond acceptors (Lipinski definition) is 3. The molecule has 0 N–H and O–H groups in total. The summed E-state index contributed by atoms with van der Waals surface area (Å²) in [5.74, 6) is -0.00996. The van der Waals surface area contributed by atoms with Gasteiger partial charge in [-0.1, -0.05) is 41.9 Å². The zero-order valence-electron chi connectivity index (χ0n) is 16.1. The minimum absolute atomic E-state index is 0.00996. The van der Waals surface area contributed by atoms with Gasteiger partial charge in [-0.15, -0.1) is 0 Å². The number of benzene rings is 2. The van der Waals surface area contributed by atoms with Crippen LogP contribution in [-0.2, 0) is 21.4 Å². The number of aromatic nitrogens is 1. The number of amides is 1. The first-order chi connectivity index (χ1) is 13.9. The van der Waals surface area contributed by atoms with Crippen molar-refractivity contribution in [1.29, 1.82) is 0 Å². The molecule has 1 aliphatic heterocycles. The maximum Gasteiger partial charge on any atom is 0.244 e.